The number of nitrogens with zero attached hydrogens (tertiary/aromatic N) is 3. The molecule has 5 aromatic rings. The number of nitrogens with one attached hydrogen (secondary N) is 1. The average molecular weight is 577 g/mol. The van der Waals surface area contributed by atoms with Gasteiger partial charge in [-0.15, -0.1) is 0 Å². The number of hydrogen-bond acceptors (Lipinski definition) is 7. The van der Waals surface area contributed by atoms with Gasteiger partial charge in [0.15, 0.2) is 0 Å². The second kappa shape index (κ2) is 11.4. The molecule has 1 heterocycles. The number of hydrogen-bond donors (Lipinski definition) is 1. The second-order valence-corrected chi connectivity index (χ2v) is 10.9. The molecular formula is C29H25FN4O6S. The number of halogens is 1. The summed E-state index contributed by atoms with van der Waals surface area (Å²) < 4.78 is 55.8. The highest BCUT2D eigenvalue weighted by molar-refractivity contribution is 7.89. The number of rotatable bonds is 10. The van der Waals surface area contributed by atoms with E-state index >= 15 is 0 Å². The Kier molecular flexibility index (Phi) is 7.68. The van der Waals surface area contributed by atoms with Gasteiger partial charge in [0.05, 0.1) is 40.4 Å². The monoisotopic (exact) mass is 576 g/mol. The van der Waals surface area contributed by atoms with Gasteiger partial charge < -0.3 is 9.47 Å². The van der Waals surface area contributed by atoms with Crippen molar-refractivity contribution >= 4 is 26.6 Å². The maximum atomic E-state index is 13.4. The molecule has 5 rings (SSSR count). The van der Waals surface area contributed by atoms with Gasteiger partial charge in [-0.1, -0.05) is 12.1 Å². The van der Waals surface area contributed by atoms with Crippen molar-refractivity contribution in [3.05, 3.63) is 119 Å². The number of non-ortho nitro benzene ring substituents is 1. The summed E-state index contributed by atoms with van der Waals surface area (Å²) in [7, 11) is -2.52. The molecule has 2 atom stereocenters. The Morgan fingerprint density at radius 1 is 0.976 bits per heavy atom. The molecule has 0 radical (unpaired) electrons. The van der Waals surface area contributed by atoms with Crippen LogP contribution in [0.2, 0.25) is 0 Å². The number of nitro benzene ring substituents is 1. The third-order valence-electron chi connectivity index (χ3n) is 6.45. The van der Waals surface area contributed by atoms with Crippen LogP contribution in [0.3, 0.4) is 0 Å². The third kappa shape index (κ3) is 6.03. The molecule has 1 aromatic heterocycles. The predicted molar refractivity (Wildman–Crippen MR) is 150 cm³/mol. The van der Waals surface area contributed by atoms with E-state index in [1.165, 1.54) is 31.4 Å². The lowest BCUT2D eigenvalue weighted by Crippen LogP contribution is -2.39. The van der Waals surface area contributed by atoms with E-state index in [1.54, 1.807) is 66.3 Å². The quantitative estimate of drug-likeness (QED) is 0.170. The Labute approximate surface area is 235 Å². The Hall–Kier alpha value is -4.81. The summed E-state index contributed by atoms with van der Waals surface area (Å²) in [5.41, 5.74) is 1.91. The van der Waals surface area contributed by atoms with Crippen molar-refractivity contribution in [1.29, 1.82) is 0 Å². The minimum atomic E-state index is -4.05. The molecule has 0 saturated carbocycles. The summed E-state index contributed by atoms with van der Waals surface area (Å²) in [4.78, 5) is 10.3. The van der Waals surface area contributed by atoms with E-state index in [9.17, 15) is 22.9 Å². The van der Waals surface area contributed by atoms with E-state index in [-0.39, 0.29) is 16.4 Å². The number of benzene rings is 4. The molecule has 4 aromatic carbocycles. The van der Waals surface area contributed by atoms with Crippen LogP contribution in [0.5, 0.6) is 11.5 Å². The smallest absolute Gasteiger partial charge is 0.269 e. The topological polar surface area (TPSA) is 126 Å². The van der Waals surface area contributed by atoms with Gasteiger partial charge in [-0.05, 0) is 79.2 Å². The zero-order chi connectivity index (χ0) is 29.1. The number of aromatic nitrogens is 2. The average Bonchev–Trinajstić information content (AvgIpc) is 3.39. The number of ether oxygens (including phenoxy) is 2. The maximum absolute atomic E-state index is 13.4. The lowest BCUT2D eigenvalue weighted by Gasteiger charge is -2.27. The highest BCUT2D eigenvalue weighted by Crippen LogP contribution is 2.31. The van der Waals surface area contributed by atoms with Gasteiger partial charge in [0, 0.05) is 17.5 Å². The van der Waals surface area contributed by atoms with Crippen LogP contribution in [0.4, 0.5) is 10.1 Å². The van der Waals surface area contributed by atoms with Gasteiger partial charge in [-0.25, -0.2) is 22.2 Å². The van der Waals surface area contributed by atoms with E-state index in [0.717, 1.165) is 23.0 Å². The molecule has 0 spiro atoms. The molecule has 1 N–H and O–H groups in total. The maximum Gasteiger partial charge on any atom is 0.269 e. The van der Waals surface area contributed by atoms with Crippen LogP contribution in [-0.4, -0.2) is 36.3 Å². The Morgan fingerprint density at radius 2 is 1.71 bits per heavy atom. The Balaban J connectivity index is 1.45. The standard InChI is InChI=1S/C29H25FN4O6S/c1-19(32-41(37,38)27-13-10-24(11-14-27)34(35)36)29(20-4-3-5-25(16-20)39-2)40-26-12-15-28-21(17-26)18-31-33(28)23-8-6-22(30)7-9-23/h3-19,29,32H,1-2H3/t19-,29-/m0/s1. The molecule has 0 fully saturated rings. The predicted octanol–water partition coefficient (Wildman–Crippen LogP) is 5.57. The van der Waals surface area contributed by atoms with Crippen molar-refractivity contribution in [2.24, 2.45) is 0 Å². The molecule has 0 aliphatic carbocycles. The van der Waals surface area contributed by atoms with Crippen LogP contribution in [0.1, 0.15) is 18.6 Å². The van der Waals surface area contributed by atoms with E-state index in [2.05, 4.69) is 9.82 Å². The molecule has 210 valence electrons. The van der Waals surface area contributed by atoms with Crippen LogP contribution in [0.25, 0.3) is 16.6 Å². The van der Waals surface area contributed by atoms with E-state index in [1.807, 2.05) is 6.07 Å². The second-order valence-electron chi connectivity index (χ2n) is 9.23. The summed E-state index contributed by atoms with van der Waals surface area (Å²) in [5, 5.41) is 16.2. The van der Waals surface area contributed by atoms with Crippen molar-refractivity contribution < 1.29 is 27.2 Å². The van der Waals surface area contributed by atoms with Crippen LogP contribution < -0.4 is 14.2 Å². The number of methoxy groups -OCH3 is 1. The molecule has 0 unspecified atom stereocenters. The fourth-order valence-electron chi connectivity index (χ4n) is 4.42. The number of nitro groups is 1. The minimum Gasteiger partial charge on any atom is -0.497 e. The van der Waals surface area contributed by atoms with E-state index in [4.69, 9.17) is 9.47 Å². The highest BCUT2D eigenvalue weighted by atomic mass is 32.2. The van der Waals surface area contributed by atoms with Gasteiger partial charge in [-0.2, -0.15) is 5.10 Å². The molecule has 0 amide bonds. The first-order valence-corrected chi connectivity index (χ1v) is 13.9. The summed E-state index contributed by atoms with van der Waals surface area (Å²) in [6, 6.07) is 22.3. The number of sulfonamides is 1. The Morgan fingerprint density at radius 3 is 2.39 bits per heavy atom. The van der Waals surface area contributed by atoms with E-state index < -0.39 is 27.1 Å². The normalized spacial score (nSPS) is 13.0. The van der Waals surface area contributed by atoms with Crippen molar-refractivity contribution in [2.45, 2.75) is 24.0 Å². The molecule has 0 saturated heterocycles. The fraction of sp³-hybridized carbons (Fsp3) is 0.138. The van der Waals surface area contributed by atoms with Crippen LogP contribution in [0.15, 0.2) is 102 Å². The summed E-state index contributed by atoms with van der Waals surface area (Å²) in [5.74, 6) is 0.686. The zero-order valence-electron chi connectivity index (χ0n) is 22.0. The van der Waals surface area contributed by atoms with Gasteiger partial charge in [0.25, 0.3) is 5.69 Å². The molecule has 12 heteroatoms. The zero-order valence-corrected chi connectivity index (χ0v) is 22.8. The first kappa shape index (κ1) is 27.7. The lowest BCUT2D eigenvalue weighted by atomic mass is 10.0. The van der Waals surface area contributed by atoms with Gasteiger partial charge >= 0.3 is 0 Å². The lowest BCUT2D eigenvalue weighted by molar-refractivity contribution is -0.384. The highest BCUT2D eigenvalue weighted by Gasteiger charge is 2.28. The van der Waals surface area contributed by atoms with Crippen LogP contribution in [-0.2, 0) is 10.0 Å². The molecule has 0 aliphatic heterocycles. The van der Waals surface area contributed by atoms with Crippen molar-refractivity contribution in [3.63, 3.8) is 0 Å². The SMILES string of the molecule is COc1cccc([C@@H](Oc2ccc3c(cnn3-c3ccc(F)cc3)c2)[C@H](C)NS(=O)(=O)c2ccc([N+](=O)[O-])cc2)c1. The van der Waals surface area contributed by atoms with Crippen molar-refractivity contribution in [1.82, 2.24) is 14.5 Å². The van der Waals surface area contributed by atoms with E-state index in [0.29, 0.717) is 22.7 Å². The summed E-state index contributed by atoms with van der Waals surface area (Å²) >= 11 is 0. The fourth-order valence-corrected chi connectivity index (χ4v) is 5.66. The summed E-state index contributed by atoms with van der Waals surface area (Å²) in [6.45, 7) is 1.66. The molecule has 10 nitrogen and oxygen atoms in total. The molecule has 0 aliphatic rings. The number of fused-ring (bicyclic) bond motifs is 1. The van der Waals surface area contributed by atoms with Crippen molar-refractivity contribution in [3.8, 4) is 17.2 Å². The van der Waals surface area contributed by atoms with Gasteiger partial charge in [0.2, 0.25) is 10.0 Å². The summed E-state index contributed by atoms with van der Waals surface area (Å²) in [6.07, 6.45) is 0.870. The first-order valence-electron chi connectivity index (χ1n) is 12.5. The molecule has 0 bridgehead atoms. The largest absolute Gasteiger partial charge is 0.497 e. The third-order valence-corrected chi connectivity index (χ3v) is 8.02. The minimum absolute atomic E-state index is 0.117. The molecular weight excluding hydrogens is 551 g/mol. The van der Waals surface area contributed by atoms with Crippen LogP contribution >= 0.6 is 0 Å². The van der Waals surface area contributed by atoms with Crippen LogP contribution in [0, 0.1) is 15.9 Å². The molecule has 41 heavy (non-hydrogen) atoms. The van der Waals surface area contributed by atoms with Gasteiger partial charge in [-0.3, -0.25) is 10.1 Å². The Bertz CT molecular complexity index is 1810. The first-order chi connectivity index (χ1) is 19.6. The van der Waals surface area contributed by atoms with Gasteiger partial charge in [0.1, 0.15) is 23.4 Å². The van der Waals surface area contributed by atoms with Crippen molar-refractivity contribution in [2.75, 3.05) is 7.11 Å².